The molecule has 142 valence electrons. The fourth-order valence-corrected chi connectivity index (χ4v) is 3.46. The number of ether oxygens (including phenoxy) is 1. The number of thioether (sulfide) groups is 1. The lowest BCUT2D eigenvalue weighted by atomic mass is 10.3. The first-order chi connectivity index (χ1) is 12.8. The third kappa shape index (κ3) is 3.35. The van der Waals surface area contributed by atoms with Gasteiger partial charge in [-0.15, -0.1) is 0 Å². The minimum Gasteiger partial charge on any atom is -0.495 e. The molecule has 1 aromatic carbocycles. The van der Waals surface area contributed by atoms with Crippen LogP contribution < -0.4 is 21.3 Å². The summed E-state index contributed by atoms with van der Waals surface area (Å²) in [6.45, 7) is 0. The van der Waals surface area contributed by atoms with Gasteiger partial charge in [-0.1, -0.05) is 23.9 Å². The molecule has 0 spiro atoms. The fourth-order valence-electron chi connectivity index (χ4n) is 2.69. The van der Waals surface area contributed by atoms with Gasteiger partial charge in [-0.05, 0) is 12.1 Å². The average Bonchev–Trinajstić information content (AvgIpc) is 3.00. The zero-order valence-electron chi connectivity index (χ0n) is 15.3. The van der Waals surface area contributed by atoms with E-state index in [4.69, 9.17) is 4.74 Å². The molecule has 10 heteroatoms. The highest BCUT2D eigenvalue weighted by molar-refractivity contribution is 7.99. The van der Waals surface area contributed by atoms with Crippen molar-refractivity contribution in [2.24, 2.45) is 21.1 Å². The van der Waals surface area contributed by atoms with Crippen molar-refractivity contribution in [3.63, 3.8) is 0 Å². The molecule has 27 heavy (non-hydrogen) atoms. The highest BCUT2D eigenvalue weighted by atomic mass is 32.2. The van der Waals surface area contributed by atoms with Gasteiger partial charge in [0, 0.05) is 21.1 Å². The zero-order chi connectivity index (χ0) is 19.7. The minimum atomic E-state index is -0.448. The van der Waals surface area contributed by atoms with Gasteiger partial charge < -0.3 is 14.6 Å². The molecule has 0 saturated carbocycles. The Balaban J connectivity index is 1.83. The van der Waals surface area contributed by atoms with Gasteiger partial charge in [-0.2, -0.15) is 0 Å². The Kier molecular flexibility index (Phi) is 5.08. The molecule has 2 aromatic heterocycles. The number of methoxy groups -OCH3 is 1. The van der Waals surface area contributed by atoms with Crippen molar-refractivity contribution < 1.29 is 9.53 Å². The van der Waals surface area contributed by atoms with E-state index in [1.807, 2.05) is 6.07 Å². The molecule has 0 unspecified atom stereocenters. The van der Waals surface area contributed by atoms with E-state index in [1.54, 1.807) is 36.9 Å². The van der Waals surface area contributed by atoms with E-state index in [-0.39, 0.29) is 11.7 Å². The van der Waals surface area contributed by atoms with E-state index < -0.39 is 11.2 Å². The number of para-hydroxylation sites is 2. The SMILES string of the molecule is COc1ccccc1NC(=O)CSc1nc2c(c(=O)n(C)c(=O)n2C)n1C. The second kappa shape index (κ2) is 7.31. The van der Waals surface area contributed by atoms with Crippen LogP contribution in [0.4, 0.5) is 5.69 Å². The summed E-state index contributed by atoms with van der Waals surface area (Å²) >= 11 is 1.18. The number of hydrogen-bond acceptors (Lipinski definition) is 6. The number of anilines is 1. The van der Waals surface area contributed by atoms with Gasteiger partial charge in [0.25, 0.3) is 5.56 Å². The fraction of sp³-hybridized carbons (Fsp3) is 0.294. The number of aryl methyl sites for hydroxylation is 2. The Morgan fingerprint density at radius 1 is 1.15 bits per heavy atom. The van der Waals surface area contributed by atoms with Crippen LogP contribution in [0.2, 0.25) is 0 Å². The van der Waals surface area contributed by atoms with Crippen LogP contribution in [-0.4, -0.2) is 37.5 Å². The maximum atomic E-state index is 12.4. The molecule has 0 aliphatic heterocycles. The molecule has 3 aromatic rings. The number of imidazole rings is 1. The average molecular weight is 389 g/mol. The van der Waals surface area contributed by atoms with Crippen molar-refractivity contribution >= 4 is 34.5 Å². The minimum absolute atomic E-state index is 0.0868. The van der Waals surface area contributed by atoms with Gasteiger partial charge in [0.05, 0.1) is 18.6 Å². The molecule has 3 rings (SSSR count). The monoisotopic (exact) mass is 389 g/mol. The quantitative estimate of drug-likeness (QED) is 0.645. The third-order valence-corrected chi connectivity index (χ3v) is 5.18. The zero-order valence-corrected chi connectivity index (χ0v) is 16.2. The number of fused-ring (bicyclic) bond motifs is 1. The van der Waals surface area contributed by atoms with E-state index in [9.17, 15) is 14.4 Å². The second-order valence-corrected chi connectivity index (χ2v) is 6.81. The van der Waals surface area contributed by atoms with Gasteiger partial charge in [0.2, 0.25) is 5.91 Å². The smallest absolute Gasteiger partial charge is 0.332 e. The molecule has 1 amide bonds. The lowest BCUT2D eigenvalue weighted by Gasteiger charge is -2.09. The van der Waals surface area contributed by atoms with Crippen LogP contribution in [0.25, 0.3) is 11.2 Å². The van der Waals surface area contributed by atoms with Gasteiger partial charge in [-0.3, -0.25) is 18.7 Å². The highest BCUT2D eigenvalue weighted by Gasteiger charge is 2.18. The Hall–Kier alpha value is -3.01. The summed E-state index contributed by atoms with van der Waals surface area (Å²) in [5.74, 6) is 0.416. The van der Waals surface area contributed by atoms with Crippen molar-refractivity contribution in [3.8, 4) is 5.75 Å². The molecule has 0 bridgehead atoms. The van der Waals surface area contributed by atoms with Crippen molar-refractivity contribution in [1.82, 2.24) is 18.7 Å². The van der Waals surface area contributed by atoms with Crippen LogP contribution >= 0.6 is 11.8 Å². The predicted molar refractivity (Wildman–Crippen MR) is 104 cm³/mol. The van der Waals surface area contributed by atoms with Gasteiger partial charge in [-0.25, -0.2) is 9.78 Å². The number of rotatable bonds is 5. The van der Waals surface area contributed by atoms with Gasteiger partial charge in [0.1, 0.15) is 5.75 Å². The standard InChI is InChI=1S/C17H19N5O4S/c1-20-13-14(21(2)17(25)22(3)15(13)24)19-16(20)27-9-12(23)18-10-7-5-6-8-11(10)26-4/h5-8H,9H2,1-4H3,(H,18,23). The molecule has 9 nitrogen and oxygen atoms in total. The summed E-state index contributed by atoms with van der Waals surface area (Å²) < 4.78 is 9.15. The number of nitrogens with one attached hydrogen (secondary N) is 1. The first-order valence-corrected chi connectivity index (χ1v) is 9.01. The number of aromatic nitrogens is 4. The van der Waals surface area contributed by atoms with Crippen LogP contribution in [0.15, 0.2) is 39.0 Å². The number of nitrogens with zero attached hydrogens (tertiary/aromatic N) is 4. The molecule has 0 atom stereocenters. The summed E-state index contributed by atoms with van der Waals surface area (Å²) in [7, 11) is 6.19. The first kappa shape index (κ1) is 18.8. The van der Waals surface area contributed by atoms with Crippen LogP contribution in [0.1, 0.15) is 0 Å². The molecule has 0 aliphatic carbocycles. The predicted octanol–water partition coefficient (Wildman–Crippen LogP) is 0.710. The van der Waals surface area contributed by atoms with E-state index in [1.165, 1.54) is 30.5 Å². The number of carbonyl (C=O) groups excluding carboxylic acids is 1. The first-order valence-electron chi connectivity index (χ1n) is 8.03. The molecule has 1 N–H and O–H groups in total. The Bertz CT molecular complexity index is 1140. The summed E-state index contributed by atoms with van der Waals surface area (Å²) in [4.78, 5) is 41.1. The summed E-state index contributed by atoms with van der Waals surface area (Å²) in [5.41, 5.74) is 0.307. The molecule has 0 radical (unpaired) electrons. The van der Waals surface area contributed by atoms with E-state index in [0.29, 0.717) is 27.8 Å². The lowest BCUT2D eigenvalue weighted by Crippen LogP contribution is -2.37. The Morgan fingerprint density at radius 3 is 2.56 bits per heavy atom. The maximum absolute atomic E-state index is 12.4. The third-order valence-electron chi connectivity index (χ3n) is 4.15. The molecule has 0 aliphatic rings. The van der Waals surface area contributed by atoms with Crippen molar-refractivity contribution in [3.05, 3.63) is 45.1 Å². The number of hydrogen-bond donors (Lipinski definition) is 1. The normalized spacial score (nSPS) is 11.0. The maximum Gasteiger partial charge on any atom is 0.332 e. The van der Waals surface area contributed by atoms with Gasteiger partial charge in [0.15, 0.2) is 16.3 Å². The van der Waals surface area contributed by atoms with Crippen LogP contribution in [0.3, 0.4) is 0 Å². The molecule has 0 fully saturated rings. The van der Waals surface area contributed by atoms with E-state index in [0.717, 1.165) is 4.57 Å². The number of benzene rings is 1. The Labute approximate surface area is 158 Å². The molecule has 2 heterocycles. The van der Waals surface area contributed by atoms with Gasteiger partial charge >= 0.3 is 5.69 Å². The number of amides is 1. The van der Waals surface area contributed by atoms with Crippen LogP contribution in [-0.2, 0) is 25.9 Å². The molecule has 0 saturated heterocycles. The second-order valence-electron chi connectivity index (χ2n) is 5.87. The largest absolute Gasteiger partial charge is 0.495 e. The summed E-state index contributed by atoms with van der Waals surface area (Å²) in [6.07, 6.45) is 0. The van der Waals surface area contributed by atoms with E-state index >= 15 is 0 Å². The van der Waals surface area contributed by atoms with Crippen molar-refractivity contribution in [2.75, 3.05) is 18.2 Å². The lowest BCUT2D eigenvalue weighted by molar-refractivity contribution is -0.113. The highest BCUT2D eigenvalue weighted by Crippen LogP contribution is 2.24. The topological polar surface area (TPSA) is 100 Å². The summed E-state index contributed by atoms with van der Waals surface area (Å²) in [5, 5.41) is 3.25. The van der Waals surface area contributed by atoms with Crippen LogP contribution in [0.5, 0.6) is 5.75 Å². The Morgan fingerprint density at radius 2 is 1.85 bits per heavy atom. The van der Waals surface area contributed by atoms with Crippen LogP contribution in [0, 0.1) is 0 Å². The summed E-state index contributed by atoms with van der Waals surface area (Å²) in [6, 6.07) is 7.11. The van der Waals surface area contributed by atoms with Crippen molar-refractivity contribution in [1.29, 1.82) is 0 Å². The molecular weight excluding hydrogens is 370 g/mol. The number of carbonyl (C=O) groups is 1. The van der Waals surface area contributed by atoms with Crippen molar-refractivity contribution in [2.45, 2.75) is 5.16 Å². The van der Waals surface area contributed by atoms with E-state index in [2.05, 4.69) is 10.3 Å². The molecular formula is C17H19N5O4S.